The van der Waals surface area contributed by atoms with Crippen LogP contribution in [0.15, 0.2) is 0 Å². The van der Waals surface area contributed by atoms with Crippen molar-refractivity contribution in [1.29, 1.82) is 0 Å². The van der Waals surface area contributed by atoms with Crippen LogP contribution in [0.5, 0.6) is 0 Å². The largest absolute Gasteiger partial charge is 0.396 e. The van der Waals surface area contributed by atoms with Crippen molar-refractivity contribution in [3.8, 4) is 0 Å². The topological polar surface area (TPSA) is 32.3 Å². The van der Waals surface area contributed by atoms with Gasteiger partial charge >= 0.3 is 0 Å². The van der Waals surface area contributed by atoms with Crippen LogP contribution in [0.4, 0.5) is 0 Å². The zero-order valence-electron chi connectivity index (χ0n) is 9.90. The van der Waals surface area contributed by atoms with Gasteiger partial charge in [0.25, 0.3) is 0 Å². The summed E-state index contributed by atoms with van der Waals surface area (Å²) in [4.78, 5) is 0. The van der Waals surface area contributed by atoms with Crippen molar-refractivity contribution < 1.29 is 5.11 Å². The monoisotopic (exact) mass is 199 g/mol. The van der Waals surface area contributed by atoms with Crippen LogP contribution in [0.2, 0.25) is 0 Å². The van der Waals surface area contributed by atoms with Crippen LogP contribution in [-0.4, -0.2) is 24.8 Å². The Bertz CT molecular complexity index is 166. The maximum absolute atomic E-state index is 9.51. The third-order valence-corrected chi connectivity index (χ3v) is 3.40. The second-order valence-corrected chi connectivity index (χ2v) is 5.97. The Morgan fingerprint density at radius 3 is 2.21 bits per heavy atom. The van der Waals surface area contributed by atoms with Crippen LogP contribution in [0.3, 0.4) is 0 Å². The van der Waals surface area contributed by atoms with E-state index >= 15 is 0 Å². The van der Waals surface area contributed by atoms with E-state index in [4.69, 9.17) is 0 Å². The van der Waals surface area contributed by atoms with Gasteiger partial charge in [-0.25, -0.2) is 0 Å². The first-order chi connectivity index (χ1) is 6.47. The molecule has 0 radical (unpaired) electrons. The van der Waals surface area contributed by atoms with Crippen molar-refractivity contribution in [2.45, 2.75) is 46.5 Å². The molecule has 1 fully saturated rings. The molecule has 2 nitrogen and oxygen atoms in total. The number of rotatable bonds is 3. The molecule has 0 aromatic carbocycles. The lowest BCUT2D eigenvalue weighted by Crippen LogP contribution is -2.39. The maximum atomic E-state index is 9.51. The molecular weight excluding hydrogens is 174 g/mol. The lowest BCUT2D eigenvalue weighted by molar-refractivity contribution is 0.0681. The third kappa shape index (κ3) is 3.58. The van der Waals surface area contributed by atoms with Gasteiger partial charge in [-0.05, 0) is 49.6 Å². The standard InChI is InChI=1S/C12H25NO/c1-11(2,3)4-5-12(10-14)6-8-13-9-7-12/h13-14H,4-10H2,1-3H3. The highest BCUT2D eigenvalue weighted by atomic mass is 16.3. The van der Waals surface area contributed by atoms with Crippen molar-refractivity contribution in [3.63, 3.8) is 0 Å². The average Bonchev–Trinajstić information content (AvgIpc) is 2.15. The van der Waals surface area contributed by atoms with Gasteiger partial charge in [0.15, 0.2) is 0 Å². The van der Waals surface area contributed by atoms with Crippen molar-refractivity contribution >= 4 is 0 Å². The predicted octanol–water partition coefficient (Wildman–Crippen LogP) is 2.17. The van der Waals surface area contributed by atoms with E-state index in [1.165, 1.54) is 12.8 Å². The minimum Gasteiger partial charge on any atom is -0.396 e. The Morgan fingerprint density at radius 2 is 1.79 bits per heavy atom. The van der Waals surface area contributed by atoms with Crippen LogP contribution >= 0.6 is 0 Å². The zero-order chi connectivity index (χ0) is 10.7. The third-order valence-electron chi connectivity index (χ3n) is 3.40. The summed E-state index contributed by atoms with van der Waals surface area (Å²) < 4.78 is 0. The first-order valence-corrected chi connectivity index (χ1v) is 5.79. The molecule has 0 amide bonds. The lowest BCUT2D eigenvalue weighted by atomic mass is 9.72. The van der Waals surface area contributed by atoms with Gasteiger partial charge in [-0.2, -0.15) is 0 Å². The lowest BCUT2D eigenvalue weighted by Gasteiger charge is -2.38. The summed E-state index contributed by atoms with van der Waals surface area (Å²) in [7, 11) is 0. The first kappa shape index (κ1) is 12.0. The van der Waals surface area contributed by atoms with Crippen molar-refractivity contribution in [2.75, 3.05) is 19.7 Å². The smallest absolute Gasteiger partial charge is 0.0488 e. The molecule has 0 saturated carbocycles. The second-order valence-electron chi connectivity index (χ2n) is 5.97. The van der Waals surface area contributed by atoms with Crippen LogP contribution < -0.4 is 5.32 Å². The Morgan fingerprint density at radius 1 is 1.21 bits per heavy atom. The first-order valence-electron chi connectivity index (χ1n) is 5.79. The normalized spacial score (nSPS) is 22.3. The molecule has 0 bridgehead atoms. The highest BCUT2D eigenvalue weighted by Gasteiger charge is 2.32. The van der Waals surface area contributed by atoms with Gasteiger partial charge < -0.3 is 10.4 Å². The van der Waals surface area contributed by atoms with Gasteiger partial charge in [0.2, 0.25) is 0 Å². The minimum absolute atomic E-state index is 0.221. The van der Waals surface area contributed by atoms with Gasteiger partial charge in [-0.15, -0.1) is 0 Å². The van der Waals surface area contributed by atoms with Crippen molar-refractivity contribution in [1.82, 2.24) is 5.32 Å². The van der Waals surface area contributed by atoms with Crippen LogP contribution in [-0.2, 0) is 0 Å². The molecule has 1 saturated heterocycles. The SMILES string of the molecule is CC(C)(C)CCC1(CO)CCNCC1. The number of hydrogen-bond acceptors (Lipinski definition) is 2. The van der Waals surface area contributed by atoms with Crippen molar-refractivity contribution in [3.05, 3.63) is 0 Å². The average molecular weight is 199 g/mol. The summed E-state index contributed by atoms with van der Waals surface area (Å²) in [5, 5.41) is 12.9. The summed E-state index contributed by atoms with van der Waals surface area (Å²) in [6, 6.07) is 0. The molecule has 1 aliphatic rings. The van der Waals surface area contributed by atoms with E-state index in [0.717, 1.165) is 25.9 Å². The highest BCUT2D eigenvalue weighted by molar-refractivity contribution is 4.85. The Balaban J connectivity index is 2.44. The summed E-state index contributed by atoms with van der Waals surface area (Å²) in [5.74, 6) is 0. The summed E-state index contributed by atoms with van der Waals surface area (Å²) >= 11 is 0. The second kappa shape index (κ2) is 4.63. The van der Waals surface area contributed by atoms with E-state index in [2.05, 4.69) is 26.1 Å². The molecule has 14 heavy (non-hydrogen) atoms. The predicted molar refractivity (Wildman–Crippen MR) is 60.3 cm³/mol. The van der Waals surface area contributed by atoms with Crippen LogP contribution in [0, 0.1) is 10.8 Å². The molecule has 0 spiro atoms. The maximum Gasteiger partial charge on any atom is 0.0488 e. The van der Waals surface area contributed by atoms with E-state index in [9.17, 15) is 5.11 Å². The molecule has 0 aromatic rings. The number of piperidine rings is 1. The van der Waals surface area contributed by atoms with Gasteiger partial charge in [0.1, 0.15) is 0 Å². The summed E-state index contributed by atoms with van der Waals surface area (Å²) in [6.07, 6.45) is 4.67. The van der Waals surface area contributed by atoms with E-state index in [1.807, 2.05) is 0 Å². The molecule has 84 valence electrons. The van der Waals surface area contributed by atoms with Gasteiger partial charge in [0, 0.05) is 6.61 Å². The molecule has 0 aliphatic carbocycles. The fourth-order valence-electron chi connectivity index (χ4n) is 2.08. The quantitative estimate of drug-likeness (QED) is 0.730. The summed E-state index contributed by atoms with van der Waals surface area (Å²) in [5.41, 5.74) is 0.617. The van der Waals surface area contributed by atoms with Gasteiger partial charge in [-0.3, -0.25) is 0 Å². The molecule has 0 unspecified atom stereocenters. The summed E-state index contributed by atoms with van der Waals surface area (Å²) in [6.45, 7) is 9.34. The van der Waals surface area contributed by atoms with E-state index in [-0.39, 0.29) is 5.41 Å². The fourth-order valence-corrected chi connectivity index (χ4v) is 2.08. The molecule has 0 atom stereocenters. The van der Waals surface area contributed by atoms with Crippen LogP contribution in [0.1, 0.15) is 46.5 Å². The molecule has 2 heteroatoms. The number of aliphatic hydroxyl groups is 1. The Labute approximate surface area is 88.1 Å². The Kier molecular flexibility index (Phi) is 3.96. The Hall–Kier alpha value is -0.0800. The highest BCUT2D eigenvalue weighted by Crippen LogP contribution is 2.37. The van der Waals surface area contributed by atoms with Crippen molar-refractivity contribution in [2.24, 2.45) is 10.8 Å². The number of aliphatic hydroxyl groups excluding tert-OH is 1. The molecule has 1 rings (SSSR count). The zero-order valence-corrected chi connectivity index (χ0v) is 9.90. The van der Waals surface area contributed by atoms with Gasteiger partial charge in [-0.1, -0.05) is 20.8 Å². The van der Waals surface area contributed by atoms with E-state index in [1.54, 1.807) is 0 Å². The molecule has 0 aromatic heterocycles. The molecule has 1 heterocycles. The van der Waals surface area contributed by atoms with E-state index < -0.39 is 0 Å². The van der Waals surface area contributed by atoms with Gasteiger partial charge in [0.05, 0.1) is 0 Å². The van der Waals surface area contributed by atoms with E-state index in [0.29, 0.717) is 12.0 Å². The number of hydrogen-bond donors (Lipinski definition) is 2. The fraction of sp³-hybridized carbons (Fsp3) is 1.00. The molecular formula is C12H25NO. The molecule has 1 aliphatic heterocycles. The minimum atomic E-state index is 0.221. The van der Waals surface area contributed by atoms with Crippen LogP contribution in [0.25, 0.3) is 0 Å². The molecule has 2 N–H and O–H groups in total. The number of nitrogens with one attached hydrogen (secondary N) is 1.